The molecule has 1 amide bonds. The molecule has 0 spiro atoms. The third-order valence-electron chi connectivity index (χ3n) is 4.81. The quantitative estimate of drug-likeness (QED) is 0.301. The van der Waals surface area contributed by atoms with E-state index in [0.717, 1.165) is 10.0 Å². The average Bonchev–Trinajstić information content (AvgIpc) is 3.28. The second-order valence-corrected chi connectivity index (χ2v) is 7.77. The lowest BCUT2D eigenvalue weighted by Gasteiger charge is -2.26. The minimum atomic E-state index is -1.88. The highest BCUT2D eigenvalue weighted by Gasteiger charge is 2.39. The Labute approximate surface area is 188 Å². The molecule has 4 aromatic rings. The maximum atomic E-state index is 13.0. The first kappa shape index (κ1) is 20.8. The predicted octanol–water partition coefficient (Wildman–Crippen LogP) is 5.10. The highest BCUT2D eigenvalue weighted by molar-refractivity contribution is 9.10. The lowest BCUT2D eigenvalue weighted by Crippen LogP contribution is -2.43. The molecule has 0 saturated carbocycles. The van der Waals surface area contributed by atoms with E-state index >= 15 is 0 Å². The summed E-state index contributed by atoms with van der Waals surface area (Å²) in [5.74, 6) is 0.484. The number of carbonyl (C=O) groups is 1. The van der Waals surface area contributed by atoms with Gasteiger partial charge in [-0.15, -0.1) is 0 Å². The molecule has 0 unspecified atom stereocenters. The fraction of sp³-hybridized carbons (Fsp3) is 0.0400. The number of nitrogens with zero attached hydrogens (tertiary/aromatic N) is 1. The van der Waals surface area contributed by atoms with Crippen molar-refractivity contribution in [1.29, 1.82) is 0 Å². The first-order chi connectivity index (χ1) is 15.1. The Bertz CT molecular complexity index is 1160. The number of carbonyl (C=O) groups excluding carboxylic acids is 1. The summed E-state index contributed by atoms with van der Waals surface area (Å²) >= 11 is 3.44. The van der Waals surface area contributed by atoms with E-state index in [0.29, 0.717) is 22.6 Å². The van der Waals surface area contributed by atoms with Crippen LogP contribution in [-0.4, -0.2) is 17.2 Å². The van der Waals surface area contributed by atoms with Crippen LogP contribution in [0.3, 0.4) is 0 Å². The van der Waals surface area contributed by atoms with Crippen molar-refractivity contribution in [3.05, 3.63) is 118 Å². The molecule has 0 atom stereocenters. The minimum absolute atomic E-state index is 0.448. The van der Waals surface area contributed by atoms with Crippen molar-refractivity contribution < 1.29 is 14.3 Å². The van der Waals surface area contributed by atoms with Crippen LogP contribution >= 0.6 is 15.9 Å². The van der Waals surface area contributed by atoms with Gasteiger partial charge in [-0.25, -0.2) is 5.43 Å². The van der Waals surface area contributed by atoms with E-state index < -0.39 is 11.5 Å². The molecule has 2 N–H and O–H groups in total. The molecule has 5 nitrogen and oxygen atoms in total. The largest absolute Gasteiger partial charge is 0.455 e. The number of hydrogen-bond acceptors (Lipinski definition) is 4. The first-order valence-electron chi connectivity index (χ1n) is 9.60. The van der Waals surface area contributed by atoms with Gasteiger partial charge < -0.3 is 9.52 Å². The van der Waals surface area contributed by atoms with Crippen LogP contribution in [0.25, 0.3) is 11.3 Å². The molecular formula is C25H19BrN2O3. The van der Waals surface area contributed by atoms with E-state index in [-0.39, 0.29) is 0 Å². The van der Waals surface area contributed by atoms with Gasteiger partial charge >= 0.3 is 0 Å². The molecular weight excluding hydrogens is 456 g/mol. The van der Waals surface area contributed by atoms with Crippen LogP contribution in [0.2, 0.25) is 0 Å². The zero-order valence-electron chi connectivity index (χ0n) is 16.4. The number of benzene rings is 3. The maximum Gasteiger partial charge on any atom is 0.281 e. The van der Waals surface area contributed by atoms with Gasteiger partial charge in [-0.1, -0.05) is 88.7 Å². The summed E-state index contributed by atoms with van der Waals surface area (Å²) < 4.78 is 6.73. The molecule has 31 heavy (non-hydrogen) atoms. The van der Waals surface area contributed by atoms with E-state index in [4.69, 9.17) is 4.42 Å². The van der Waals surface area contributed by atoms with Crippen LogP contribution in [0, 0.1) is 0 Å². The number of hydrazone groups is 1. The number of furan rings is 1. The van der Waals surface area contributed by atoms with Gasteiger partial charge in [-0.3, -0.25) is 4.79 Å². The Morgan fingerprint density at radius 3 is 2.16 bits per heavy atom. The number of halogens is 1. The van der Waals surface area contributed by atoms with Gasteiger partial charge in [-0.05, 0) is 35.4 Å². The monoisotopic (exact) mass is 474 g/mol. The summed E-state index contributed by atoms with van der Waals surface area (Å²) in [7, 11) is 0. The summed E-state index contributed by atoms with van der Waals surface area (Å²) in [5.41, 5.74) is 2.37. The van der Waals surface area contributed by atoms with Crippen molar-refractivity contribution in [2.75, 3.05) is 0 Å². The Morgan fingerprint density at radius 2 is 1.55 bits per heavy atom. The van der Waals surface area contributed by atoms with Crippen LogP contribution < -0.4 is 5.43 Å². The number of aliphatic hydroxyl groups is 1. The van der Waals surface area contributed by atoms with Gasteiger partial charge in [0.2, 0.25) is 0 Å². The minimum Gasteiger partial charge on any atom is -0.455 e. The Hall–Kier alpha value is -3.48. The van der Waals surface area contributed by atoms with Gasteiger partial charge in [0.1, 0.15) is 11.5 Å². The number of nitrogens with one attached hydrogen (secondary N) is 1. The zero-order chi connectivity index (χ0) is 21.7. The predicted molar refractivity (Wildman–Crippen MR) is 123 cm³/mol. The zero-order valence-corrected chi connectivity index (χ0v) is 18.0. The third-order valence-corrected chi connectivity index (χ3v) is 5.30. The summed E-state index contributed by atoms with van der Waals surface area (Å²) in [5, 5.41) is 15.4. The van der Waals surface area contributed by atoms with Crippen LogP contribution in [0.1, 0.15) is 16.9 Å². The van der Waals surface area contributed by atoms with Crippen molar-refractivity contribution in [3.63, 3.8) is 0 Å². The van der Waals surface area contributed by atoms with Gasteiger partial charge in [0.15, 0.2) is 5.60 Å². The fourth-order valence-corrected chi connectivity index (χ4v) is 3.64. The highest BCUT2D eigenvalue weighted by Crippen LogP contribution is 2.30. The molecule has 0 aliphatic heterocycles. The average molecular weight is 475 g/mol. The standard InChI is InChI=1S/C25H19BrN2O3/c26-21-13-7-8-18(16-21)23-15-14-22(31-23)17-27-28-24(29)25(30,19-9-3-1-4-10-19)20-11-5-2-6-12-20/h1-17,30H,(H,28,29)/b27-17+. The molecule has 3 aromatic carbocycles. The molecule has 1 heterocycles. The van der Waals surface area contributed by atoms with Gasteiger partial charge in [0.25, 0.3) is 5.91 Å². The lowest BCUT2D eigenvalue weighted by atomic mass is 9.85. The second-order valence-electron chi connectivity index (χ2n) is 6.85. The molecule has 0 saturated heterocycles. The summed E-state index contributed by atoms with van der Waals surface area (Å²) in [6.45, 7) is 0. The van der Waals surface area contributed by atoms with Crippen LogP contribution in [0.5, 0.6) is 0 Å². The van der Waals surface area contributed by atoms with Crippen LogP contribution in [0.15, 0.2) is 111 Å². The van der Waals surface area contributed by atoms with Crippen molar-refractivity contribution in [3.8, 4) is 11.3 Å². The molecule has 0 bridgehead atoms. The molecule has 4 rings (SSSR count). The van der Waals surface area contributed by atoms with Crippen molar-refractivity contribution in [2.24, 2.45) is 5.10 Å². The smallest absolute Gasteiger partial charge is 0.281 e. The van der Waals surface area contributed by atoms with Crippen molar-refractivity contribution in [1.82, 2.24) is 5.43 Å². The van der Waals surface area contributed by atoms with E-state index in [2.05, 4.69) is 26.5 Å². The van der Waals surface area contributed by atoms with Crippen LogP contribution in [0.4, 0.5) is 0 Å². The van der Waals surface area contributed by atoms with E-state index in [1.54, 1.807) is 54.6 Å². The number of rotatable bonds is 6. The SMILES string of the molecule is O=C(N/N=C/c1ccc(-c2cccc(Br)c2)o1)C(O)(c1ccccc1)c1ccccc1. The molecule has 0 radical (unpaired) electrons. The highest BCUT2D eigenvalue weighted by atomic mass is 79.9. The Morgan fingerprint density at radius 1 is 0.903 bits per heavy atom. The first-order valence-corrected chi connectivity index (χ1v) is 10.4. The summed E-state index contributed by atoms with van der Waals surface area (Å²) in [6, 6.07) is 28.9. The Kier molecular flexibility index (Phi) is 6.11. The van der Waals surface area contributed by atoms with Gasteiger partial charge in [-0.2, -0.15) is 5.10 Å². The second kappa shape index (κ2) is 9.12. The molecule has 6 heteroatoms. The van der Waals surface area contributed by atoms with Crippen molar-refractivity contribution >= 4 is 28.1 Å². The topological polar surface area (TPSA) is 74.8 Å². The normalized spacial score (nSPS) is 11.5. The van der Waals surface area contributed by atoms with Gasteiger partial charge in [0, 0.05) is 10.0 Å². The van der Waals surface area contributed by atoms with Crippen LogP contribution in [-0.2, 0) is 10.4 Å². The van der Waals surface area contributed by atoms with E-state index in [1.165, 1.54) is 6.21 Å². The van der Waals surface area contributed by atoms with Gasteiger partial charge in [0.05, 0.1) is 6.21 Å². The summed E-state index contributed by atoms with van der Waals surface area (Å²) in [6.07, 6.45) is 1.40. The molecule has 0 aliphatic carbocycles. The van der Waals surface area contributed by atoms with Crippen molar-refractivity contribution in [2.45, 2.75) is 5.60 Å². The Balaban J connectivity index is 1.54. The number of amides is 1. The maximum absolute atomic E-state index is 13.0. The lowest BCUT2D eigenvalue weighted by molar-refractivity contribution is -0.136. The third kappa shape index (κ3) is 4.50. The van der Waals surface area contributed by atoms with E-state index in [1.807, 2.05) is 42.5 Å². The fourth-order valence-electron chi connectivity index (χ4n) is 3.24. The molecule has 154 valence electrons. The molecule has 0 aliphatic rings. The number of hydrogen-bond donors (Lipinski definition) is 2. The summed E-state index contributed by atoms with van der Waals surface area (Å²) in [4.78, 5) is 13.0. The molecule has 0 fully saturated rings. The van der Waals surface area contributed by atoms with E-state index in [9.17, 15) is 9.90 Å². The molecule has 1 aromatic heterocycles.